The monoisotopic (exact) mass is 418 g/mol. The Morgan fingerprint density at radius 2 is 1.75 bits per heavy atom. The van der Waals surface area contributed by atoms with Gasteiger partial charge in [0.2, 0.25) is 0 Å². The molecule has 2 aromatic rings. The third-order valence-corrected chi connectivity index (χ3v) is 3.81. The van der Waals surface area contributed by atoms with Crippen molar-refractivity contribution in [3.05, 3.63) is 64.9 Å². The van der Waals surface area contributed by atoms with E-state index in [1.807, 2.05) is 5.32 Å². The molecule has 2 aromatic carbocycles. The van der Waals surface area contributed by atoms with Gasteiger partial charge in [-0.05, 0) is 49.4 Å². The zero-order chi connectivity index (χ0) is 20.9. The zero-order valence-corrected chi connectivity index (χ0v) is 15.2. The lowest BCUT2D eigenvalue weighted by molar-refractivity contribution is -0.204. The minimum atomic E-state index is -5.30. The first-order valence-corrected chi connectivity index (χ1v) is 8.32. The largest absolute Gasteiger partial charge is 0.463 e. The fourth-order valence-electron chi connectivity index (χ4n) is 2.25. The summed E-state index contributed by atoms with van der Waals surface area (Å²) in [5.41, 5.74) is -4.08. The summed E-state index contributed by atoms with van der Waals surface area (Å²) in [6.45, 7) is 0.949. The Hall–Kier alpha value is -2.81. The van der Waals surface area contributed by atoms with Gasteiger partial charge in [0, 0.05) is 16.3 Å². The molecular weight excluding hydrogens is 404 g/mol. The summed E-state index contributed by atoms with van der Waals surface area (Å²) < 4.78 is 59.6. The molecule has 0 saturated heterocycles. The van der Waals surface area contributed by atoms with Crippen molar-refractivity contribution in [1.29, 1.82) is 0 Å². The van der Waals surface area contributed by atoms with E-state index < -0.39 is 29.5 Å². The van der Waals surface area contributed by atoms with Gasteiger partial charge in [0.05, 0.1) is 6.61 Å². The van der Waals surface area contributed by atoms with Gasteiger partial charge in [-0.15, -0.1) is 0 Å². The average Bonchev–Trinajstić information content (AvgIpc) is 2.62. The summed E-state index contributed by atoms with van der Waals surface area (Å²) in [7, 11) is 0. The van der Waals surface area contributed by atoms with Crippen LogP contribution in [0.5, 0.6) is 0 Å². The van der Waals surface area contributed by atoms with E-state index in [1.54, 1.807) is 5.32 Å². The topological polar surface area (TPSA) is 67.4 Å². The molecule has 10 heteroatoms. The third kappa shape index (κ3) is 4.72. The zero-order valence-electron chi connectivity index (χ0n) is 14.4. The van der Waals surface area contributed by atoms with Crippen molar-refractivity contribution in [1.82, 2.24) is 5.32 Å². The second kappa shape index (κ2) is 8.47. The van der Waals surface area contributed by atoms with E-state index in [0.717, 1.165) is 30.3 Å². The number of hydrogen-bond donors (Lipinski definition) is 2. The Labute approximate surface area is 162 Å². The summed E-state index contributed by atoms with van der Waals surface area (Å²) in [5.74, 6) is -3.69. The standard InChI is InChI=1S/C18H15ClF4N2O3/c1-2-28-16(27)17(18(21,22)23,24-14-8-6-13(20)7-9-14)25-15(26)11-4-3-5-12(19)10-11/h3-10,24H,2H2,1H3,(H,25,26)/t17-/m0/s1. The first-order valence-electron chi connectivity index (χ1n) is 7.95. The second-order valence-electron chi connectivity index (χ2n) is 5.56. The third-order valence-electron chi connectivity index (χ3n) is 3.57. The molecule has 150 valence electrons. The highest BCUT2D eigenvalue weighted by molar-refractivity contribution is 6.31. The first kappa shape index (κ1) is 21.5. The molecule has 0 aliphatic heterocycles. The number of rotatable bonds is 6. The van der Waals surface area contributed by atoms with Crippen molar-refractivity contribution in [2.24, 2.45) is 0 Å². The molecule has 0 saturated carbocycles. The number of anilines is 1. The molecule has 0 fully saturated rings. The number of carbonyl (C=O) groups is 2. The Kier molecular flexibility index (Phi) is 6.50. The molecule has 1 atom stereocenters. The van der Waals surface area contributed by atoms with Crippen molar-refractivity contribution in [3.63, 3.8) is 0 Å². The highest BCUT2D eigenvalue weighted by atomic mass is 35.5. The molecule has 0 bridgehead atoms. The summed E-state index contributed by atoms with van der Waals surface area (Å²) in [5, 5.41) is 3.71. The van der Waals surface area contributed by atoms with Crippen LogP contribution in [-0.2, 0) is 9.53 Å². The molecule has 2 rings (SSSR count). The van der Waals surface area contributed by atoms with Crippen LogP contribution in [0.3, 0.4) is 0 Å². The van der Waals surface area contributed by atoms with E-state index in [1.165, 1.54) is 25.1 Å². The number of nitrogens with one attached hydrogen (secondary N) is 2. The number of ether oxygens (including phenoxy) is 1. The van der Waals surface area contributed by atoms with Crippen LogP contribution in [0, 0.1) is 5.82 Å². The molecule has 28 heavy (non-hydrogen) atoms. The highest BCUT2D eigenvalue weighted by Gasteiger charge is 2.63. The van der Waals surface area contributed by atoms with Gasteiger partial charge in [-0.25, -0.2) is 9.18 Å². The van der Waals surface area contributed by atoms with Crippen molar-refractivity contribution in [2.75, 3.05) is 11.9 Å². The van der Waals surface area contributed by atoms with Crippen LogP contribution >= 0.6 is 11.6 Å². The lowest BCUT2D eigenvalue weighted by Crippen LogP contribution is -2.69. The molecule has 0 aliphatic rings. The van der Waals surface area contributed by atoms with Crippen LogP contribution in [0.25, 0.3) is 0 Å². The predicted molar refractivity (Wildman–Crippen MR) is 94.4 cm³/mol. The minimum Gasteiger partial charge on any atom is -0.463 e. The van der Waals surface area contributed by atoms with Gasteiger partial charge < -0.3 is 15.4 Å². The van der Waals surface area contributed by atoms with E-state index >= 15 is 0 Å². The van der Waals surface area contributed by atoms with Crippen LogP contribution in [0.2, 0.25) is 5.02 Å². The Morgan fingerprint density at radius 1 is 1.11 bits per heavy atom. The molecule has 0 aliphatic carbocycles. The molecule has 2 N–H and O–H groups in total. The average molecular weight is 419 g/mol. The SMILES string of the molecule is CCOC(=O)[C@@](NC(=O)c1cccc(Cl)c1)(Nc1ccc(F)cc1)C(F)(F)F. The van der Waals surface area contributed by atoms with Crippen LogP contribution in [-0.4, -0.2) is 30.3 Å². The van der Waals surface area contributed by atoms with E-state index in [4.69, 9.17) is 11.6 Å². The summed E-state index contributed by atoms with van der Waals surface area (Å²) in [6.07, 6.45) is -5.30. The van der Waals surface area contributed by atoms with Crippen LogP contribution in [0.15, 0.2) is 48.5 Å². The molecule has 5 nitrogen and oxygen atoms in total. The van der Waals surface area contributed by atoms with Gasteiger partial charge in [0.15, 0.2) is 0 Å². The normalized spacial score (nSPS) is 13.4. The fourth-order valence-corrected chi connectivity index (χ4v) is 2.44. The van der Waals surface area contributed by atoms with Crippen molar-refractivity contribution in [3.8, 4) is 0 Å². The lowest BCUT2D eigenvalue weighted by atomic mass is 10.1. The molecule has 0 unspecified atom stereocenters. The van der Waals surface area contributed by atoms with Crippen molar-refractivity contribution in [2.45, 2.75) is 18.8 Å². The number of alkyl halides is 3. The Balaban J connectivity index is 2.50. The summed E-state index contributed by atoms with van der Waals surface area (Å²) >= 11 is 5.76. The van der Waals surface area contributed by atoms with Gasteiger partial charge >= 0.3 is 17.8 Å². The molecule has 0 radical (unpaired) electrons. The number of halogens is 5. The molecule has 0 heterocycles. The number of esters is 1. The number of carbonyl (C=O) groups excluding carboxylic acids is 2. The van der Waals surface area contributed by atoms with E-state index in [9.17, 15) is 27.2 Å². The quantitative estimate of drug-likeness (QED) is 0.420. The van der Waals surface area contributed by atoms with Gasteiger partial charge in [-0.1, -0.05) is 17.7 Å². The van der Waals surface area contributed by atoms with Crippen molar-refractivity contribution < 1.29 is 31.9 Å². The Bertz CT molecular complexity index is 859. The lowest BCUT2D eigenvalue weighted by Gasteiger charge is -2.35. The summed E-state index contributed by atoms with van der Waals surface area (Å²) in [6, 6.07) is 8.93. The maximum absolute atomic E-state index is 14.0. The van der Waals surface area contributed by atoms with Crippen LogP contribution in [0.4, 0.5) is 23.2 Å². The molecule has 1 amide bonds. The highest BCUT2D eigenvalue weighted by Crippen LogP contribution is 2.33. The number of amides is 1. The molecular formula is C18H15ClF4N2O3. The maximum Gasteiger partial charge on any atom is 0.441 e. The fraction of sp³-hybridized carbons (Fsp3) is 0.222. The second-order valence-corrected chi connectivity index (χ2v) is 6.00. The van der Waals surface area contributed by atoms with Gasteiger partial charge in [0.25, 0.3) is 5.91 Å². The summed E-state index contributed by atoms with van der Waals surface area (Å²) in [4.78, 5) is 24.7. The molecule has 0 aromatic heterocycles. The van der Waals surface area contributed by atoms with E-state index in [0.29, 0.717) is 0 Å². The van der Waals surface area contributed by atoms with E-state index in [2.05, 4.69) is 4.74 Å². The van der Waals surface area contributed by atoms with Crippen LogP contribution in [0.1, 0.15) is 17.3 Å². The van der Waals surface area contributed by atoms with Gasteiger partial charge in [-0.3, -0.25) is 4.79 Å². The van der Waals surface area contributed by atoms with E-state index in [-0.39, 0.29) is 22.9 Å². The smallest absolute Gasteiger partial charge is 0.441 e. The van der Waals surface area contributed by atoms with Gasteiger partial charge in [-0.2, -0.15) is 13.2 Å². The van der Waals surface area contributed by atoms with Gasteiger partial charge in [0.1, 0.15) is 5.82 Å². The first-order chi connectivity index (χ1) is 13.1. The number of hydrogen-bond acceptors (Lipinski definition) is 4. The Morgan fingerprint density at radius 3 is 2.29 bits per heavy atom. The van der Waals surface area contributed by atoms with Crippen molar-refractivity contribution >= 4 is 29.2 Å². The predicted octanol–water partition coefficient (Wildman–Crippen LogP) is 4.14. The molecule has 0 spiro atoms. The minimum absolute atomic E-state index is 0.118. The maximum atomic E-state index is 14.0. The number of benzene rings is 2. The van der Waals surface area contributed by atoms with Crippen LogP contribution < -0.4 is 10.6 Å².